The van der Waals surface area contributed by atoms with E-state index in [1.165, 1.54) is 31.5 Å². The van der Waals surface area contributed by atoms with Gasteiger partial charge in [-0.25, -0.2) is 4.98 Å². The van der Waals surface area contributed by atoms with Crippen molar-refractivity contribution in [1.82, 2.24) is 4.98 Å². The highest BCUT2D eigenvalue weighted by molar-refractivity contribution is 7.19. The van der Waals surface area contributed by atoms with Gasteiger partial charge in [-0.2, -0.15) is 0 Å². The van der Waals surface area contributed by atoms with E-state index in [0.29, 0.717) is 0 Å². The predicted octanol–water partition coefficient (Wildman–Crippen LogP) is 5.17. The van der Waals surface area contributed by atoms with Gasteiger partial charge in [0.25, 0.3) is 0 Å². The van der Waals surface area contributed by atoms with Crippen LogP contribution in [0.25, 0.3) is 32.2 Å². The molecule has 1 aliphatic heterocycles. The average Bonchev–Trinajstić information content (AvgIpc) is 2.88. The van der Waals surface area contributed by atoms with Gasteiger partial charge in [0.1, 0.15) is 0 Å². The summed E-state index contributed by atoms with van der Waals surface area (Å²) in [7, 11) is 0. The lowest BCUT2D eigenvalue weighted by molar-refractivity contribution is 1.49. The Morgan fingerprint density at radius 2 is 1.84 bits per heavy atom. The molecule has 0 fully saturated rings. The standard InChI is InChI=1S/C17H13NS/c1-10-7-12-9-11(2)19-17(12)16-14(8-10)13-5-3-4-6-15(13)18-16/h3-9H,1-2H3. The lowest BCUT2D eigenvalue weighted by Gasteiger charge is -1.93. The quantitative estimate of drug-likeness (QED) is 0.426. The summed E-state index contributed by atoms with van der Waals surface area (Å²) in [5.74, 6) is 0. The van der Waals surface area contributed by atoms with Crippen LogP contribution in [0.5, 0.6) is 0 Å². The van der Waals surface area contributed by atoms with E-state index in [0.717, 1.165) is 11.2 Å². The van der Waals surface area contributed by atoms with Crippen LogP contribution in [0, 0.1) is 13.8 Å². The minimum absolute atomic E-state index is 1.09. The van der Waals surface area contributed by atoms with E-state index in [2.05, 4.69) is 56.3 Å². The number of para-hydroxylation sites is 1. The molecule has 1 aromatic heterocycles. The first kappa shape index (κ1) is 10.9. The molecule has 0 radical (unpaired) electrons. The molecule has 1 aliphatic carbocycles. The SMILES string of the molecule is Cc1cc2c3ccccc3nc-2c2sc(C)cc2c1. The highest BCUT2D eigenvalue weighted by atomic mass is 32.1. The molecule has 0 atom stereocenters. The van der Waals surface area contributed by atoms with Gasteiger partial charge >= 0.3 is 0 Å². The van der Waals surface area contributed by atoms with Crippen molar-refractivity contribution in [3.63, 3.8) is 0 Å². The minimum Gasteiger partial charge on any atom is -0.246 e. The van der Waals surface area contributed by atoms with Gasteiger partial charge in [-0.3, -0.25) is 0 Å². The number of aromatic nitrogens is 1. The maximum absolute atomic E-state index is 4.85. The fraction of sp³-hybridized carbons (Fsp3) is 0.118. The summed E-state index contributed by atoms with van der Waals surface area (Å²) >= 11 is 1.84. The van der Waals surface area contributed by atoms with Crippen LogP contribution in [0.1, 0.15) is 10.4 Å². The van der Waals surface area contributed by atoms with Gasteiger partial charge < -0.3 is 0 Å². The summed E-state index contributed by atoms with van der Waals surface area (Å²) in [6.45, 7) is 4.32. The molecule has 1 nitrogen and oxygen atoms in total. The zero-order valence-corrected chi connectivity index (χ0v) is 11.7. The van der Waals surface area contributed by atoms with Gasteiger partial charge in [0.2, 0.25) is 0 Å². The van der Waals surface area contributed by atoms with Crippen LogP contribution in [0.15, 0.2) is 42.5 Å². The van der Waals surface area contributed by atoms with Gasteiger partial charge in [-0.1, -0.05) is 24.3 Å². The number of hydrogen-bond acceptors (Lipinski definition) is 2. The van der Waals surface area contributed by atoms with Crippen molar-refractivity contribution in [3.05, 3.63) is 52.9 Å². The van der Waals surface area contributed by atoms with Crippen molar-refractivity contribution < 1.29 is 0 Å². The molecule has 2 aliphatic rings. The summed E-state index contributed by atoms with van der Waals surface area (Å²) in [6.07, 6.45) is 0. The van der Waals surface area contributed by atoms with Gasteiger partial charge in [0, 0.05) is 15.8 Å². The third kappa shape index (κ3) is 1.57. The summed E-state index contributed by atoms with van der Waals surface area (Å²) < 4.78 is 1.30. The van der Waals surface area contributed by atoms with Crippen LogP contribution in [-0.4, -0.2) is 4.98 Å². The minimum atomic E-state index is 1.09. The molecule has 0 saturated heterocycles. The predicted molar refractivity (Wildman–Crippen MR) is 83.2 cm³/mol. The molecule has 4 rings (SSSR count). The Hall–Kier alpha value is -1.93. The number of nitrogens with zero attached hydrogens (tertiary/aromatic N) is 1. The fourth-order valence-electron chi connectivity index (χ4n) is 2.77. The Labute approximate surface area is 115 Å². The molecule has 2 heteroatoms. The third-order valence-corrected chi connectivity index (χ3v) is 4.61. The van der Waals surface area contributed by atoms with E-state index in [1.807, 2.05) is 11.3 Å². The van der Waals surface area contributed by atoms with Crippen LogP contribution in [0.4, 0.5) is 0 Å². The highest BCUT2D eigenvalue weighted by Crippen LogP contribution is 2.39. The Balaban J connectivity index is 2.29. The molecule has 0 amide bonds. The van der Waals surface area contributed by atoms with Gasteiger partial charge in [-0.15, -0.1) is 11.3 Å². The number of benzene rings is 1. The normalized spacial score (nSPS) is 11.7. The lowest BCUT2D eigenvalue weighted by Crippen LogP contribution is -1.70. The van der Waals surface area contributed by atoms with Crippen molar-refractivity contribution in [1.29, 1.82) is 0 Å². The first-order valence-corrected chi connectivity index (χ1v) is 7.23. The molecule has 0 saturated carbocycles. The van der Waals surface area contributed by atoms with E-state index >= 15 is 0 Å². The van der Waals surface area contributed by atoms with E-state index in [9.17, 15) is 0 Å². The molecule has 2 aromatic rings. The Morgan fingerprint density at radius 1 is 1.00 bits per heavy atom. The molecule has 0 bridgehead atoms. The van der Waals surface area contributed by atoms with E-state index in [4.69, 9.17) is 4.98 Å². The lowest BCUT2D eigenvalue weighted by atomic mass is 10.1. The average molecular weight is 263 g/mol. The van der Waals surface area contributed by atoms with Crippen LogP contribution in [-0.2, 0) is 0 Å². The Kier molecular flexibility index (Phi) is 2.18. The second-order valence-electron chi connectivity index (χ2n) is 5.07. The molecule has 0 spiro atoms. The topological polar surface area (TPSA) is 12.9 Å². The largest absolute Gasteiger partial charge is 0.246 e. The summed E-state index contributed by atoms with van der Waals surface area (Å²) in [5.41, 5.74) is 4.79. The number of hydrogen-bond donors (Lipinski definition) is 0. The number of fused-ring (bicyclic) bond motifs is 5. The number of aryl methyl sites for hydroxylation is 2. The van der Waals surface area contributed by atoms with Crippen molar-refractivity contribution in [3.8, 4) is 11.3 Å². The van der Waals surface area contributed by atoms with Crippen LogP contribution >= 0.6 is 11.3 Å². The van der Waals surface area contributed by atoms with Gasteiger partial charge in [0.15, 0.2) is 0 Å². The molecule has 0 unspecified atom stereocenters. The van der Waals surface area contributed by atoms with E-state index in [1.54, 1.807) is 0 Å². The molecular weight excluding hydrogens is 250 g/mol. The molecule has 92 valence electrons. The smallest absolute Gasteiger partial charge is 0.0894 e. The molecule has 2 heterocycles. The van der Waals surface area contributed by atoms with E-state index in [-0.39, 0.29) is 0 Å². The third-order valence-electron chi connectivity index (χ3n) is 3.54. The van der Waals surface area contributed by atoms with Crippen molar-refractivity contribution in [2.24, 2.45) is 0 Å². The fourth-order valence-corrected chi connectivity index (χ4v) is 3.76. The Morgan fingerprint density at radius 3 is 2.74 bits per heavy atom. The zero-order valence-electron chi connectivity index (χ0n) is 10.9. The first-order chi connectivity index (χ1) is 9.22. The second kappa shape index (κ2) is 3.78. The highest BCUT2D eigenvalue weighted by Gasteiger charge is 2.15. The summed E-state index contributed by atoms with van der Waals surface area (Å²) in [6, 6.07) is 15.2. The second-order valence-corrected chi connectivity index (χ2v) is 6.32. The van der Waals surface area contributed by atoms with Crippen molar-refractivity contribution in [2.45, 2.75) is 13.8 Å². The monoisotopic (exact) mass is 263 g/mol. The van der Waals surface area contributed by atoms with Crippen molar-refractivity contribution in [2.75, 3.05) is 0 Å². The van der Waals surface area contributed by atoms with Crippen molar-refractivity contribution >= 4 is 32.3 Å². The zero-order chi connectivity index (χ0) is 13.0. The Bertz CT molecular complexity index is 889. The van der Waals surface area contributed by atoms with Crippen LogP contribution in [0.3, 0.4) is 0 Å². The van der Waals surface area contributed by atoms with Crippen LogP contribution < -0.4 is 0 Å². The summed E-state index contributed by atoms with van der Waals surface area (Å²) in [4.78, 5) is 6.19. The first-order valence-electron chi connectivity index (χ1n) is 6.41. The van der Waals surface area contributed by atoms with Gasteiger partial charge in [0.05, 0.1) is 15.9 Å². The number of rotatable bonds is 0. The molecular formula is C17H13NS. The summed E-state index contributed by atoms with van der Waals surface area (Å²) in [5, 5.41) is 2.56. The maximum Gasteiger partial charge on any atom is 0.0894 e. The number of thiophene rings is 1. The van der Waals surface area contributed by atoms with E-state index < -0.39 is 0 Å². The maximum atomic E-state index is 4.85. The van der Waals surface area contributed by atoms with Crippen LogP contribution in [0.2, 0.25) is 0 Å². The molecule has 1 aromatic carbocycles. The molecule has 0 N–H and O–H groups in total. The van der Waals surface area contributed by atoms with Gasteiger partial charge in [-0.05, 0) is 43.0 Å². The molecule has 19 heavy (non-hydrogen) atoms.